The van der Waals surface area contributed by atoms with E-state index in [1.54, 1.807) is 18.1 Å². The summed E-state index contributed by atoms with van der Waals surface area (Å²) < 4.78 is 6.03. The SMILES string of the molecule is CCCNc1ncnc(Oc2ccccc2SC)c1CC. The zero-order valence-corrected chi connectivity index (χ0v) is 13.5. The number of benzene rings is 1. The topological polar surface area (TPSA) is 47.0 Å². The normalized spacial score (nSPS) is 10.4. The molecule has 0 atom stereocenters. The monoisotopic (exact) mass is 303 g/mol. The summed E-state index contributed by atoms with van der Waals surface area (Å²) in [6.45, 7) is 5.11. The molecule has 0 amide bonds. The molecule has 0 fully saturated rings. The quantitative estimate of drug-likeness (QED) is 0.769. The maximum Gasteiger partial charge on any atom is 0.227 e. The molecular formula is C16H21N3OS. The van der Waals surface area contributed by atoms with E-state index < -0.39 is 0 Å². The Labute approximate surface area is 130 Å². The van der Waals surface area contributed by atoms with E-state index in [0.29, 0.717) is 5.88 Å². The average Bonchev–Trinajstić information content (AvgIpc) is 2.53. The van der Waals surface area contributed by atoms with E-state index in [-0.39, 0.29) is 0 Å². The molecule has 0 saturated heterocycles. The van der Waals surface area contributed by atoms with Gasteiger partial charge in [0.25, 0.3) is 0 Å². The van der Waals surface area contributed by atoms with Crippen LogP contribution in [-0.4, -0.2) is 22.8 Å². The number of nitrogens with one attached hydrogen (secondary N) is 1. The summed E-state index contributed by atoms with van der Waals surface area (Å²) >= 11 is 1.66. The average molecular weight is 303 g/mol. The van der Waals surface area contributed by atoms with Crippen molar-refractivity contribution in [1.29, 1.82) is 0 Å². The summed E-state index contributed by atoms with van der Waals surface area (Å²) in [4.78, 5) is 9.73. The Kier molecular flexibility index (Phi) is 5.87. The first kappa shape index (κ1) is 15.6. The summed E-state index contributed by atoms with van der Waals surface area (Å²) in [6.07, 6.45) is 5.47. The minimum absolute atomic E-state index is 0.632. The summed E-state index contributed by atoms with van der Waals surface area (Å²) in [5.74, 6) is 2.33. The highest BCUT2D eigenvalue weighted by Gasteiger charge is 2.13. The smallest absolute Gasteiger partial charge is 0.227 e. The lowest BCUT2D eigenvalue weighted by atomic mass is 10.2. The van der Waals surface area contributed by atoms with E-state index >= 15 is 0 Å². The summed E-state index contributed by atoms with van der Waals surface area (Å²) in [7, 11) is 0. The van der Waals surface area contributed by atoms with Gasteiger partial charge in [0.1, 0.15) is 17.9 Å². The number of anilines is 1. The predicted octanol–water partition coefficient (Wildman–Crippen LogP) is 4.38. The van der Waals surface area contributed by atoms with Gasteiger partial charge in [0.15, 0.2) is 0 Å². The number of hydrogen-bond donors (Lipinski definition) is 1. The van der Waals surface area contributed by atoms with Crippen LogP contribution in [-0.2, 0) is 6.42 Å². The Morgan fingerprint density at radius 2 is 2.00 bits per heavy atom. The van der Waals surface area contributed by atoms with Crippen LogP contribution in [0.2, 0.25) is 0 Å². The van der Waals surface area contributed by atoms with Gasteiger partial charge in [-0.05, 0) is 31.2 Å². The molecule has 1 heterocycles. The molecule has 0 saturated carbocycles. The molecule has 0 radical (unpaired) electrons. The second-order valence-electron chi connectivity index (χ2n) is 4.54. The van der Waals surface area contributed by atoms with Crippen LogP contribution in [0.25, 0.3) is 0 Å². The van der Waals surface area contributed by atoms with E-state index in [1.807, 2.05) is 30.5 Å². The van der Waals surface area contributed by atoms with Crippen LogP contribution in [0, 0.1) is 0 Å². The third-order valence-corrected chi connectivity index (χ3v) is 3.85. The van der Waals surface area contributed by atoms with Gasteiger partial charge in [0, 0.05) is 11.4 Å². The van der Waals surface area contributed by atoms with Gasteiger partial charge < -0.3 is 10.1 Å². The Morgan fingerprint density at radius 1 is 1.19 bits per heavy atom. The highest BCUT2D eigenvalue weighted by atomic mass is 32.2. The van der Waals surface area contributed by atoms with Gasteiger partial charge in [-0.2, -0.15) is 0 Å². The molecule has 112 valence electrons. The van der Waals surface area contributed by atoms with Crippen LogP contribution in [0.4, 0.5) is 5.82 Å². The first-order valence-corrected chi connectivity index (χ1v) is 8.41. The van der Waals surface area contributed by atoms with Crippen molar-refractivity contribution in [2.75, 3.05) is 18.1 Å². The molecule has 2 aromatic rings. The number of para-hydroxylation sites is 1. The molecule has 1 N–H and O–H groups in total. The maximum atomic E-state index is 6.03. The highest BCUT2D eigenvalue weighted by molar-refractivity contribution is 7.98. The molecule has 21 heavy (non-hydrogen) atoms. The summed E-state index contributed by atoms with van der Waals surface area (Å²) in [6, 6.07) is 7.99. The Morgan fingerprint density at radius 3 is 2.71 bits per heavy atom. The number of hydrogen-bond acceptors (Lipinski definition) is 5. The Balaban J connectivity index is 2.31. The summed E-state index contributed by atoms with van der Waals surface area (Å²) in [5.41, 5.74) is 1.02. The molecule has 0 bridgehead atoms. The van der Waals surface area contributed by atoms with Crippen molar-refractivity contribution in [3.05, 3.63) is 36.2 Å². The number of nitrogens with zero attached hydrogens (tertiary/aromatic N) is 2. The third kappa shape index (κ3) is 3.88. The largest absolute Gasteiger partial charge is 0.437 e. The van der Waals surface area contributed by atoms with E-state index in [9.17, 15) is 0 Å². The fraction of sp³-hybridized carbons (Fsp3) is 0.375. The molecule has 2 rings (SSSR count). The molecular weight excluding hydrogens is 282 g/mol. The first-order chi connectivity index (χ1) is 10.3. The summed E-state index contributed by atoms with van der Waals surface area (Å²) in [5, 5.41) is 3.33. The molecule has 1 aromatic carbocycles. The lowest BCUT2D eigenvalue weighted by Crippen LogP contribution is -2.07. The fourth-order valence-corrected chi connectivity index (χ4v) is 2.53. The van der Waals surface area contributed by atoms with Gasteiger partial charge in [-0.1, -0.05) is 26.0 Å². The Bertz CT molecular complexity index is 589. The van der Waals surface area contributed by atoms with Gasteiger partial charge in [0.05, 0.1) is 5.56 Å². The van der Waals surface area contributed by atoms with Crippen molar-refractivity contribution in [3.63, 3.8) is 0 Å². The zero-order chi connectivity index (χ0) is 15.1. The van der Waals surface area contributed by atoms with Crippen LogP contribution in [0.15, 0.2) is 35.5 Å². The maximum absolute atomic E-state index is 6.03. The standard InChI is InChI=1S/C16H21N3OS/c1-4-10-17-15-12(5-2)16(19-11-18-15)20-13-8-6-7-9-14(13)21-3/h6-9,11H,4-5,10H2,1-3H3,(H,17,18,19). The van der Waals surface area contributed by atoms with Crippen molar-refractivity contribution in [3.8, 4) is 11.6 Å². The lowest BCUT2D eigenvalue weighted by Gasteiger charge is -2.14. The van der Waals surface area contributed by atoms with E-state index in [0.717, 1.165) is 41.4 Å². The molecule has 4 nitrogen and oxygen atoms in total. The molecule has 0 unspecified atom stereocenters. The van der Waals surface area contributed by atoms with E-state index in [4.69, 9.17) is 4.74 Å². The van der Waals surface area contributed by atoms with Gasteiger partial charge in [0.2, 0.25) is 5.88 Å². The van der Waals surface area contributed by atoms with Gasteiger partial charge >= 0.3 is 0 Å². The first-order valence-electron chi connectivity index (χ1n) is 7.18. The van der Waals surface area contributed by atoms with Crippen molar-refractivity contribution in [1.82, 2.24) is 9.97 Å². The van der Waals surface area contributed by atoms with Gasteiger partial charge in [-0.3, -0.25) is 0 Å². The van der Waals surface area contributed by atoms with Crippen LogP contribution in [0.5, 0.6) is 11.6 Å². The number of ether oxygens (including phenoxy) is 1. The van der Waals surface area contributed by atoms with Crippen molar-refractivity contribution < 1.29 is 4.74 Å². The molecule has 0 aliphatic rings. The number of rotatable bonds is 7. The third-order valence-electron chi connectivity index (χ3n) is 3.08. The van der Waals surface area contributed by atoms with Crippen molar-refractivity contribution in [2.45, 2.75) is 31.6 Å². The van der Waals surface area contributed by atoms with Gasteiger partial charge in [-0.25, -0.2) is 9.97 Å². The van der Waals surface area contributed by atoms with Crippen molar-refractivity contribution >= 4 is 17.6 Å². The molecule has 0 spiro atoms. The van der Waals surface area contributed by atoms with Crippen molar-refractivity contribution in [2.24, 2.45) is 0 Å². The van der Waals surface area contributed by atoms with Crippen LogP contribution in [0.3, 0.4) is 0 Å². The van der Waals surface area contributed by atoms with Gasteiger partial charge in [-0.15, -0.1) is 11.8 Å². The zero-order valence-electron chi connectivity index (χ0n) is 12.7. The Hall–Kier alpha value is -1.75. The fourth-order valence-electron chi connectivity index (χ4n) is 2.01. The van der Waals surface area contributed by atoms with Crippen LogP contribution in [0.1, 0.15) is 25.8 Å². The predicted molar refractivity (Wildman–Crippen MR) is 88.5 cm³/mol. The van der Waals surface area contributed by atoms with E-state index in [1.165, 1.54) is 0 Å². The second-order valence-corrected chi connectivity index (χ2v) is 5.39. The minimum atomic E-state index is 0.632. The molecule has 5 heteroatoms. The molecule has 0 aliphatic carbocycles. The van der Waals surface area contributed by atoms with Crippen LogP contribution >= 0.6 is 11.8 Å². The molecule has 1 aromatic heterocycles. The number of thioether (sulfide) groups is 1. The second kappa shape index (κ2) is 7.88. The molecule has 0 aliphatic heterocycles. The van der Waals surface area contributed by atoms with Crippen LogP contribution < -0.4 is 10.1 Å². The minimum Gasteiger partial charge on any atom is -0.437 e. The highest BCUT2D eigenvalue weighted by Crippen LogP contribution is 2.33. The lowest BCUT2D eigenvalue weighted by molar-refractivity contribution is 0.445. The number of aromatic nitrogens is 2. The van der Waals surface area contributed by atoms with E-state index in [2.05, 4.69) is 29.1 Å².